The van der Waals surface area contributed by atoms with Crippen LogP contribution < -0.4 is 16.4 Å². The minimum atomic E-state index is -1.01. The van der Waals surface area contributed by atoms with Crippen molar-refractivity contribution in [1.82, 2.24) is 9.97 Å². The Hall–Kier alpha value is -2.45. The van der Waals surface area contributed by atoms with E-state index in [9.17, 15) is 4.21 Å². The van der Waals surface area contributed by atoms with Gasteiger partial charge in [-0.1, -0.05) is 41.9 Å². The average Bonchev–Trinajstić information content (AvgIpc) is 2.61. The number of hydrogen-bond acceptors (Lipinski definition) is 7. The van der Waals surface area contributed by atoms with E-state index in [1.165, 1.54) is 18.6 Å². The van der Waals surface area contributed by atoms with E-state index in [0.717, 1.165) is 5.56 Å². The zero-order valence-corrected chi connectivity index (χ0v) is 15.2. The number of aliphatic imine (C=N–C) groups is 1. The normalized spacial score (nSPS) is 13.0. The maximum Gasteiger partial charge on any atom is 0.229 e. The summed E-state index contributed by atoms with van der Waals surface area (Å²) in [7, 11) is -1.01. The van der Waals surface area contributed by atoms with Gasteiger partial charge in [0, 0.05) is 36.0 Å². The Labute approximate surface area is 153 Å². The summed E-state index contributed by atoms with van der Waals surface area (Å²) in [5.74, 6) is 1.02. The minimum absolute atomic E-state index is 0.199. The van der Waals surface area contributed by atoms with E-state index in [4.69, 9.17) is 17.3 Å². The molecule has 7 nitrogen and oxygen atoms in total. The van der Waals surface area contributed by atoms with Crippen molar-refractivity contribution >= 4 is 40.4 Å². The van der Waals surface area contributed by atoms with E-state index in [1.807, 2.05) is 30.3 Å². The number of hydrogen-bond donors (Lipinski definition) is 3. The van der Waals surface area contributed by atoms with Crippen LogP contribution in [0.1, 0.15) is 5.56 Å². The zero-order valence-electron chi connectivity index (χ0n) is 13.6. The summed E-state index contributed by atoms with van der Waals surface area (Å²) in [6, 6.07) is 9.90. The fraction of sp³-hybridized carbons (Fsp3) is 0.188. The molecule has 1 unspecified atom stereocenters. The SMILES string of the molecule is CS(=O)CN=CC(=CN)Nc1ncc(Cl)c(NCc2ccccc2)n1. The molecule has 0 saturated carbocycles. The van der Waals surface area contributed by atoms with Crippen LogP contribution in [0.5, 0.6) is 0 Å². The summed E-state index contributed by atoms with van der Waals surface area (Å²) < 4.78 is 11.0. The van der Waals surface area contributed by atoms with Gasteiger partial charge in [0.15, 0.2) is 5.82 Å². The van der Waals surface area contributed by atoms with Gasteiger partial charge in [0.1, 0.15) is 10.9 Å². The molecule has 4 N–H and O–H groups in total. The first-order valence-electron chi connectivity index (χ1n) is 7.37. The second-order valence-electron chi connectivity index (χ2n) is 4.99. The molecule has 0 aliphatic rings. The molecular formula is C16H19ClN6OS. The Morgan fingerprint density at radius 2 is 2.16 bits per heavy atom. The molecule has 0 aliphatic heterocycles. The van der Waals surface area contributed by atoms with Gasteiger partial charge in [-0.2, -0.15) is 4.98 Å². The van der Waals surface area contributed by atoms with E-state index >= 15 is 0 Å². The Balaban J connectivity index is 2.04. The van der Waals surface area contributed by atoms with Gasteiger partial charge in [-0.05, 0) is 5.56 Å². The number of halogens is 1. The molecule has 2 rings (SSSR count). The topological polar surface area (TPSA) is 105 Å². The van der Waals surface area contributed by atoms with Crippen LogP contribution in [0.4, 0.5) is 11.8 Å². The first kappa shape index (κ1) is 18.9. The Bertz CT molecular complexity index is 781. The molecule has 0 spiro atoms. The first-order valence-corrected chi connectivity index (χ1v) is 9.48. The lowest BCUT2D eigenvalue weighted by Gasteiger charge is -2.10. The Morgan fingerprint density at radius 3 is 2.84 bits per heavy atom. The van der Waals surface area contributed by atoms with Gasteiger partial charge < -0.3 is 16.4 Å². The van der Waals surface area contributed by atoms with Crippen molar-refractivity contribution < 1.29 is 4.21 Å². The maximum absolute atomic E-state index is 11.0. The third-order valence-corrected chi connectivity index (χ3v) is 3.76. The van der Waals surface area contributed by atoms with Crippen molar-refractivity contribution in [2.75, 3.05) is 22.8 Å². The van der Waals surface area contributed by atoms with E-state index in [0.29, 0.717) is 29.0 Å². The van der Waals surface area contributed by atoms with E-state index in [1.54, 1.807) is 6.26 Å². The molecule has 1 atom stereocenters. The number of allylic oxidation sites excluding steroid dienone is 1. The van der Waals surface area contributed by atoms with E-state index in [-0.39, 0.29) is 5.88 Å². The summed E-state index contributed by atoms with van der Waals surface area (Å²) in [5, 5.41) is 6.52. The minimum Gasteiger partial charge on any atom is -0.403 e. The summed E-state index contributed by atoms with van der Waals surface area (Å²) in [5.41, 5.74) is 7.14. The summed E-state index contributed by atoms with van der Waals surface area (Å²) in [6.45, 7) is 0.584. The molecule has 0 aliphatic carbocycles. The highest BCUT2D eigenvalue weighted by Crippen LogP contribution is 2.20. The molecule has 25 heavy (non-hydrogen) atoms. The Morgan fingerprint density at radius 1 is 1.40 bits per heavy atom. The third-order valence-electron chi connectivity index (χ3n) is 2.97. The third kappa shape index (κ3) is 6.52. The highest BCUT2D eigenvalue weighted by atomic mass is 35.5. The average molecular weight is 379 g/mol. The van der Waals surface area contributed by atoms with E-state index in [2.05, 4.69) is 25.6 Å². The number of aromatic nitrogens is 2. The standard InChI is InChI=1S/C16H19ClN6OS/c1-25(24)11-19-9-13(7-18)22-16-21-10-14(17)15(23-16)20-8-12-5-3-2-4-6-12/h2-7,9-10H,8,11,18H2,1H3,(H2,20,21,22,23). The number of nitrogens with two attached hydrogens (primary N) is 1. The molecule has 0 bridgehead atoms. The van der Waals surface area contributed by atoms with Crippen LogP contribution in [0, 0.1) is 0 Å². The molecule has 0 amide bonds. The second-order valence-corrected chi connectivity index (χ2v) is 6.80. The Kier molecular flexibility index (Phi) is 7.36. The quantitative estimate of drug-likeness (QED) is 0.609. The van der Waals surface area contributed by atoms with Gasteiger partial charge in [0.25, 0.3) is 0 Å². The highest BCUT2D eigenvalue weighted by Gasteiger charge is 2.06. The van der Waals surface area contributed by atoms with Crippen molar-refractivity contribution in [3.63, 3.8) is 0 Å². The van der Waals surface area contributed by atoms with Crippen LogP contribution in [0.3, 0.4) is 0 Å². The summed E-state index contributed by atoms with van der Waals surface area (Å²) in [4.78, 5) is 12.5. The molecule has 0 radical (unpaired) electrons. The molecule has 1 heterocycles. The largest absolute Gasteiger partial charge is 0.403 e. The molecule has 2 aromatic rings. The van der Waals surface area contributed by atoms with Crippen molar-refractivity contribution in [3.8, 4) is 0 Å². The molecule has 132 valence electrons. The van der Waals surface area contributed by atoms with Crippen LogP contribution in [-0.2, 0) is 17.3 Å². The predicted molar refractivity (Wildman–Crippen MR) is 104 cm³/mol. The van der Waals surface area contributed by atoms with Gasteiger partial charge in [-0.15, -0.1) is 0 Å². The van der Waals surface area contributed by atoms with Crippen molar-refractivity contribution in [2.45, 2.75) is 6.54 Å². The van der Waals surface area contributed by atoms with Crippen LogP contribution in [0.15, 0.2) is 53.4 Å². The van der Waals surface area contributed by atoms with Crippen LogP contribution >= 0.6 is 11.6 Å². The number of rotatable bonds is 8. The van der Waals surface area contributed by atoms with Crippen LogP contribution in [0.2, 0.25) is 5.02 Å². The van der Waals surface area contributed by atoms with Crippen molar-refractivity contribution in [3.05, 3.63) is 59.0 Å². The molecular weight excluding hydrogens is 360 g/mol. The van der Waals surface area contributed by atoms with Crippen molar-refractivity contribution in [2.24, 2.45) is 10.7 Å². The van der Waals surface area contributed by atoms with Crippen molar-refractivity contribution in [1.29, 1.82) is 0 Å². The lowest BCUT2D eigenvalue weighted by atomic mass is 10.2. The van der Waals surface area contributed by atoms with Gasteiger partial charge >= 0.3 is 0 Å². The maximum atomic E-state index is 11.0. The van der Waals surface area contributed by atoms with Crippen LogP contribution in [0.25, 0.3) is 0 Å². The first-order chi connectivity index (χ1) is 12.1. The number of benzene rings is 1. The second kappa shape index (κ2) is 9.75. The van der Waals surface area contributed by atoms with Gasteiger partial charge in [0.2, 0.25) is 5.95 Å². The fourth-order valence-electron chi connectivity index (χ4n) is 1.82. The predicted octanol–water partition coefficient (Wildman–Crippen LogP) is 2.36. The molecule has 0 saturated heterocycles. The lowest BCUT2D eigenvalue weighted by Crippen LogP contribution is -2.09. The number of anilines is 2. The number of nitrogens with zero attached hydrogens (tertiary/aromatic N) is 3. The summed E-state index contributed by atoms with van der Waals surface area (Å²) in [6.07, 6.45) is 5.88. The number of nitrogens with one attached hydrogen (secondary N) is 2. The lowest BCUT2D eigenvalue weighted by molar-refractivity contribution is 0.687. The van der Waals surface area contributed by atoms with Gasteiger partial charge in [-0.25, -0.2) is 4.98 Å². The summed E-state index contributed by atoms with van der Waals surface area (Å²) >= 11 is 6.14. The fourth-order valence-corrected chi connectivity index (χ4v) is 2.26. The zero-order chi connectivity index (χ0) is 18.1. The molecule has 1 aromatic carbocycles. The smallest absolute Gasteiger partial charge is 0.229 e. The monoisotopic (exact) mass is 378 g/mol. The highest BCUT2D eigenvalue weighted by molar-refractivity contribution is 7.84. The van der Waals surface area contributed by atoms with Crippen LogP contribution in [-0.4, -0.2) is 32.5 Å². The van der Waals surface area contributed by atoms with Gasteiger partial charge in [0.05, 0.1) is 11.9 Å². The molecule has 0 fully saturated rings. The molecule has 9 heteroatoms. The van der Waals surface area contributed by atoms with E-state index < -0.39 is 10.8 Å². The molecule has 1 aromatic heterocycles. The van der Waals surface area contributed by atoms with Gasteiger partial charge in [-0.3, -0.25) is 9.20 Å².